The number of hydrogen-bond acceptors (Lipinski definition) is 4. The number of rotatable bonds is 10. The minimum atomic E-state index is -0.179. The van der Waals surface area contributed by atoms with Crippen LogP contribution in [0.3, 0.4) is 0 Å². The minimum Gasteiger partial charge on any atom is -0.508 e. The van der Waals surface area contributed by atoms with Gasteiger partial charge in [0.25, 0.3) is 5.91 Å². The number of hydrogen-bond donors (Lipinski definition) is 4. The number of halogens is 1. The van der Waals surface area contributed by atoms with Crippen LogP contribution < -0.4 is 16.0 Å². The monoisotopic (exact) mass is 565 g/mol. The Hall–Kier alpha value is -2.33. The van der Waals surface area contributed by atoms with Crippen LogP contribution in [0.2, 0.25) is 0 Å². The number of amides is 1. The Morgan fingerprint density at radius 2 is 1.88 bits per heavy atom. The molecule has 1 saturated heterocycles. The van der Waals surface area contributed by atoms with Gasteiger partial charge in [-0.3, -0.25) is 14.7 Å². The van der Waals surface area contributed by atoms with Crippen molar-refractivity contribution in [2.75, 3.05) is 32.7 Å². The molecule has 1 aliphatic rings. The zero-order valence-electron chi connectivity index (χ0n) is 19.3. The summed E-state index contributed by atoms with van der Waals surface area (Å²) >= 11 is 0. The second-order valence-corrected chi connectivity index (χ2v) is 8.06. The van der Waals surface area contributed by atoms with Crippen LogP contribution in [-0.2, 0) is 6.54 Å². The van der Waals surface area contributed by atoms with Crippen molar-refractivity contribution in [1.29, 1.82) is 0 Å². The third kappa shape index (κ3) is 9.21. The van der Waals surface area contributed by atoms with E-state index in [1.54, 1.807) is 18.2 Å². The molecule has 2 aromatic rings. The third-order valence-electron chi connectivity index (χ3n) is 5.57. The molecule has 1 atom stereocenters. The largest absolute Gasteiger partial charge is 0.508 e. The molecule has 0 bridgehead atoms. The lowest BCUT2D eigenvalue weighted by molar-refractivity contribution is 0.0953. The maximum atomic E-state index is 12.1. The van der Waals surface area contributed by atoms with E-state index in [1.165, 1.54) is 24.5 Å². The van der Waals surface area contributed by atoms with Gasteiger partial charge < -0.3 is 21.1 Å². The van der Waals surface area contributed by atoms with Crippen molar-refractivity contribution in [3.8, 4) is 5.75 Å². The van der Waals surface area contributed by atoms with Gasteiger partial charge in [-0.05, 0) is 56.5 Å². The summed E-state index contributed by atoms with van der Waals surface area (Å²) in [5.41, 5.74) is 1.81. The number of phenolic OH excluding ortho intramolecular Hbond substituents is 1. The van der Waals surface area contributed by atoms with Crippen LogP contribution in [0.15, 0.2) is 59.6 Å². The molecule has 33 heavy (non-hydrogen) atoms. The number of nitrogens with one attached hydrogen (secondary N) is 3. The van der Waals surface area contributed by atoms with Gasteiger partial charge in [-0.2, -0.15) is 0 Å². The van der Waals surface area contributed by atoms with Gasteiger partial charge in [-0.1, -0.05) is 36.4 Å². The van der Waals surface area contributed by atoms with Crippen molar-refractivity contribution in [3.63, 3.8) is 0 Å². The van der Waals surface area contributed by atoms with Gasteiger partial charge >= 0.3 is 0 Å². The summed E-state index contributed by atoms with van der Waals surface area (Å²) in [6.45, 7) is 7.00. The van der Waals surface area contributed by atoms with Crippen LogP contribution in [0, 0.1) is 0 Å². The van der Waals surface area contributed by atoms with E-state index in [4.69, 9.17) is 4.99 Å². The molecule has 2 aromatic carbocycles. The maximum absolute atomic E-state index is 12.1. The van der Waals surface area contributed by atoms with Gasteiger partial charge in [-0.15, -0.1) is 24.0 Å². The molecule has 1 unspecified atom stereocenters. The number of benzene rings is 2. The topological polar surface area (TPSA) is 89.0 Å². The van der Waals surface area contributed by atoms with E-state index in [0.29, 0.717) is 24.7 Å². The Morgan fingerprint density at radius 1 is 1.09 bits per heavy atom. The SMILES string of the molecule is CCNC(=NCC1CCCN1Cc1ccccc1)NCCCNC(=O)c1cccc(O)c1.I. The molecular weight excluding hydrogens is 529 g/mol. The highest BCUT2D eigenvalue weighted by Crippen LogP contribution is 2.20. The van der Waals surface area contributed by atoms with Gasteiger partial charge in [0.1, 0.15) is 5.75 Å². The number of phenols is 1. The van der Waals surface area contributed by atoms with Crippen molar-refractivity contribution in [2.24, 2.45) is 4.99 Å². The predicted octanol–water partition coefficient (Wildman–Crippen LogP) is 3.35. The smallest absolute Gasteiger partial charge is 0.251 e. The lowest BCUT2D eigenvalue weighted by Crippen LogP contribution is -2.40. The Morgan fingerprint density at radius 3 is 2.64 bits per heavy atom. The summed E-state index contributed by atoms with van der Waals surface area (Å²) in [4.78, 5) is 19.5. The second kappa shape index (κ2) is 14.7. The highest BCUT2D eigenvalue weighted by molar-refractivity contribution is 14.0. The van der Waals surface area contributed by atoms with E-state index >= 15 is 0 Å². The average Bonchev–Trinajstić information content (AvgIpc) is 3.24. The molecule has 4 N–H and O–H groups in total. The first-order chi connectivity index (χ1) is 15.7. The molecule has 0 aliphatic carbocycles. The Bertz CT molecular complexity index is 878. The molecular formula is C25H36IN5O2. The van der Waals surface area contributed by atoms with E-state index in [-0.39, 0.29) is 35.6 Å². The second-order valence-electron chi connectivity index (χ2n) is 8.06. The highest BCUT2D eigenvalue weighted by Gasteiger charge is 2.24. The first kappa shape index (κ1) is 26.9. The fourth-order valence-electron chi connectivity index (χ4n) is 3.91. The fourth-order valence-corrected chi connectivity index (χ4v) is 3.91. The zero-order chi connectivity index (χ0) is 22.6. The van der Waals surface area contributed by atoms with Crippen LogP contribution in [-0.4, -0.2) is 60.6 Å². The summed E-state index contributed by atoms with van der Waals surface area (Å²) in [5.74, 6) is 0.731. The molecule has 1 heterocycles. The molecule has 7 nitrogen and oxygen atoms in total. The van der Waals surface area contributed by atoms with Crippen LogP contribution in [0.4, 0.5) is 0 Å². The van der Waals surface area contributed by atoms with E-state index < -0.39 is 0 Å². The van der Waals surface area contributed by atoms with E-state index in [0.717, 1.165) is 38.6 Å². The molecule has 8 heteroatoms. The van der Waals surface area contributed by atoms with Crippen LogP contribution in [0.25, 0.3) is 0 Å². The van der Waals surface area contributed by atoms with Gasteiger partial charge in [0.15, 0.2) is 5.96 Å². The molecule has 0 radical (unpaired) electrons. The normalized spacial score (nSPS) is 16.2. The summed E-state index contributed by atoms with van der Waals surface area (Å²) in [6, 6.07) is 17.4. The summed E-state index contributed by atoms with van der Waals surface area (Å²) < 4.78 is 0. The van der Waals surface area contributed by atoms with Crippen LogP contribution >= 0.6 is 24.0 Å². The number of carbonyl (C=O) groups is 1. The molecule has 3 rings (SSSR count). The Labute approximate surface area is 214 Å². The highest BCUT2D eigenvalue weighted by atomic mass is 127. The van der Waals surface area contributed by atoms with Crippen LogP contribution in [0.5, 0.6) is 5.75 Å². The molecule has 0 saturated carbocycles. The predicted molar refractivity (Wildman–Crippen MR) is 144 cm³/mol. The van der Waals surface area contributed by atoms with Gasteiger partial charge in [0, 0.05) is 37.8 Å². The lowest BCUT2D eigenvalue weighted by atomic mass is 10.2. The van der Waals surface area contributed by atoms with Crippen LogP contribution in [0.1, 0.15) is 42.1 Å². The molecule has 0 aromatic heterocycles. The molecule has 0 spiro atoms. The number of carbonyl (C=O) groups excluding carboxylic acids is 1. The molecule has 1 amide bonds. The molecule has 1 fully saturated rings. The fraction of sp³-hybridized carbons (Fsp3) is 0.440. The Balaban J connectivity index is 0.00000385. The average molecular weight is 566 g/mol. The van der Waals surface area contributed by atoms with Crippen molar-refractivity contribution >= 4 is 35.8 Å². The van der Waals surface area contributed by atoms with Crippen molar-refractivity contribution in [3.05, 3.63) is 65.7 Å². The number of aromatic hydroxyl groups is 1. The van der Waals surface area contributed by atoms with Gasteiger partial charge in [-0.25, -0.2) is 0 Å². The van der Waals surface area contributed by atoms with Gasteiger partial charge in [0.2, 0.25) is 0 Å². The summed E-state index contributed by atoms with van der Waals surface area (Å²) in [6.07, 6.45) is 3.17. The number of nitrogens with zero attached hydrogens (tertiary/aromatic N) is 2. The van der Waals surface area contributed by atoms with E-state index in [9.17, 15) is 9.90 Å². The minimum absolute atomic E-state index is 0. The number of guanidine groups is 1. The Kier molecular flexibility index (Phi) is 12.0. The molecule has 180 valence electrons. The quantitative estimate of drug-likeness (QED) is 0.154. The first-order valence-electron chi connectivity index (χ1n) is 11.5. The third-order valence-corrected chi connectivity index (χ3v) is 5.57. The number of likely N-dealkylation sites (tertiary alicyclic amines) is 1. The van der Waals surface area contributed by atoms with E-state index in [2.05, 4.69) is 58.1 Å². The van der Waals surface area contributed by atoms with Crippen molar-refractivity contribution in [2.45, 2.75) is 38.8 Å². The van der Waals surface area contributed by atoms with E-state index in [1.807, 2.05) is 0 Å². The number of aliphatic imine (C=N–C) groups is 1. The van der Waals surface area contributed by atoms with Crippen molar-refractivity contribution < 1.29 is 9.90 Å². The first-order valence-corrected chi connectivity index (χ1v) is 11.5. The maximum Gasteiger partial charge on any atom is 0.251 e. The lowest BCUT2D eigenvalue weighted by Gasteiger charge is -2.23. The zero-order valence-corrected chi connectivity index (χ0v) is 21.6. The van der Waals surface area contributed by atoms with Crippen molar-refractivity contribution in [1.82, 2.24) is 20.9 Å². The molecule has 1 aliphatic heterocycles. The van der Waals surface area contributed by atoms with Gasteiger partial charge in [0.05, 0.1) is 6.54 Å². The summed E-state index contributed by atoms with van der Waals surface area (Å²) in [5, 5.41) is 19.0. The standard InChI is InChI=1S/C25H35N5O2.HI/c1-2-26-25(28-15-8-14-27-24(32)21-11-6-13-23(31)17-21)29-18-22-12-7-16-30(22)19-20-9-4-3-5-10-20;/h3-6,9-11,13,17,22,31H,2,7-8,12,14-16,18-19H2,1H3,(H,27,32)(H2,26,28,29);1H. The summed E-state index contributed by atoms with van der Waals surface area (Å²) in [7, 11) is 0.